The summed E-state index contributed by atoms with van der Waals surface area (Å²) < 4.78 is 5.20. The van der Waals surface area contributed by atoms with Gasteiger partial charge in [-0.05, 0) is 39.3 Å². The number of nitriles is 1. The second-order valence-corrected chi connectivity index (χ2v) is 7.13. The molecule has 1 aliphatic heterocycles. The molecule has 1 unspecified atom stereocenters. The van der Waals surface area contributed by atoms with E-state index in [1.54, 1.807) is 17.0 Å². The third-order valence-corrected chi connectivity index (χ3v) is 4.12. The second kappa shape index (κ2) is 8.17. The number of rotatable bonds is 4. The summed E-state index contributed by atoms with van der Waals surface area (Å²) in [6, 6.07) is 3.45. The molecule has 7 heteroatoms. The monoisotopic (exact) mass is 345 g/mol. The van der Waals surface area contributed by atoms with E-state index in [1.165, 1.54) is 6.26 Å². The summed E-state index contributed by atoms with van der Waals surface area (Å²) in [5.41, 5.74) is -0.260. The first-order valence-electron chi connectivity index (χ1n) is 8.67. The molecule has 0 spiro atoms. The smallest absolute Gasteiger partial charge is 0.289 e. The van der Waals surface area contributed by atoms with E-state index in [4.69, 9.17) is 9.68 Å². The van der Waals surface area contributed by atoms with Gasteiger partial charge in [-0.15, -0.1) is 0 Å². The molecule has 1 aromatic heterocycles. The fraction of sp³-hybridized carbons (Fsp3) is 0.611. The van der Waals surface area contributed by atoms with Crippen LogP contribution in [-0.4, -0.2) is 59.3 Å². The zero-order valence-corrected chi connectivity index (χ0v) is 15.5. The molecule has 136 valence electrons. The van der Waals surface area contributed by atoms with Crippen molar-refractivity contribution in [3.8, 4) is 6.19 Å². The van der Waals surface area contributed by atoms with Crippen molar-refractivity contribution in [1.82, 2.24) is 15.1 Å². The summed E-state index contributed by atoms with van der Waals surface area (Å²) in [4.78, 5) is 21.1. The number of carbonyl (C=O) groups is 1. The van der Waals surface area contributed by atoms with Crippen molar-refractivity contribution in [3.05, 3.63) is 24.2 Å². The van der Waals surface area contributed by atoms with Gasteiger partial charge in [0.1, 0.15) is 5.84 Å². The molecule has 0 bridgehead atoms. The number of aliphatic imine (C=N–C) groups is 1. The predicted octanol–water partition coefficient (Wildman–Crippen LogP) is 2.08. The molecule has 25 heavy (non-hydrogen) atoms. The molecule has 1 atom stereocenters. The van der Waals surface area contributed by atoms with Gasteiger partial charge in [0.25, 0.3) is 5.91 Å². The van der Waals surface area contributed by atoms with Crippen LogP contribution in [-0.2, 0) is 0 Å². The molecule has 7 nitrogen and oxygen atoms in total. The van der Waals surface area contributed by atoms with Crippen molar-refractivity contribution in [1.29, 1.82) is 5.26 Å². The van der Waals surface area contributed by atoms with Gasteiger partial charge < -0.3 is 9.32 Å². The Balaban J connectivity index is 2.05. The van der Waals surface area contributed by atoms with Gasteiger partial charge in [0.05, 0.1) is 17.8 Å². The SMILES string of the molecule is CCC(C(=NC(C)(C)C)NC#N)N1CCN(C(=O)c2ccco2)CC1. The van der Waals surface area contributed by atoms with E-state index in [-0.39, 0.29) is 17.5 Å². The maximum atomic E-state index is 12.4. The Morgan fingerprint density at radius 3 is 2.56 bits per heavy atom. The van der Waals surface area contributed by atoms with Crippen LogP contribution in [0, 0.1) is 11.5 Å². The molecule has 1 amide bonds. The molecule has 0 radical (unpaired) electrons. The van der Waals surface area contributed by atoms with Crippen LogP contribution < -0.4 is 5.32 Å². The summed E-state index contributed by atoms with van der Waals surface area (Å²) in [6.45, 7) is 10.9. The maximum absolute atomic E-state index is 12.4. The predicted molar refractivity (Wildman–Crippen MR) is 96.2 cm³/mol. The molecule has 1 N–H and O–H groups in total. The van der Waals surface area contributed by atoms with E-state index in [2.05, 4.69) is 22.1 Å². The third-order valence-electron chi connectivity index (χ3n) is 4.12. The van der Waals surface area contributed by atoms with Gasteiger partial charge in [-0.2, -0.15) is 5.26 Å². The first-order valence-corrected chi connectivity index (χ1v) is 8.67. The normalized spacial score (nSPS) is 17.9. The average Bonchev–Trinajstić information content (AvgIpc) is 3.09. The maximum Gasteiger partial charge on any atom is 0.289 e. The lowest BCUT2D eigenvalue weighted by molar-refractivity contribution is 0.0579. The highest BCUT2D eigenvalue weighted by Gasteiger charge is 2.30. The molecule has 0 aliphatic carbocycles. The van der Waals surface area contributed by atoms with Crippen molar-refractivity contribution < 1.29 is 9.21 Å². The van der Waals surface area contributed by atoms with Crippen LogP contribution in [0.4, 0.5) is 0 Å². The number of furan rings is 1. The number of piperazine rings is 1. The van der Waals surface area contributed by atoms with Gasteiger partial charge in [-0.3, -0.25) is 20.0 Å². The Bertz CT molecular complexity index is 631. The Hall–Kier alpha value is -2.33. The minimum atomic E-state index is -0.260. The highest BCUT2D eigenvalue weighted by Crippen LogP contribution is 2.16. The summed E-state index contributed by atoms with van der Waals surface area (Å²) >= 11 is 0. The van der Waals surface area contributed by atoms with Crippen molar-refractivity contribution >= 4 is 11.7 Å². The van der Waals surface area contributed by atoms with Crippen LogP contribution >= 0.6 is 0 Å². The lowest BCUT2D eigenvalue weighted by Gasteiger charge is -2.39. The van der Waals surface area contributed by atoms with Crippen molar-refractivity contribution in [2.45, 2.75) is 45.7 Å². The van der Waals surface area contributed by atoms with Crippen molar-refractivity contribution in [3.63, 3.8) is 0 Å². The number of amides is 1. The van der Waals surface area contributed by atoms with Crippen LogP contribution in [0.25, 0.3) is 0 Å². The number of hydrogen-bond donors (Lipinski definition) is 1. The van der Waals surface area contributed by atoms with E-state index in [9.17, 15) is 4.79 Å². The lowest BCUT2D eigenvalue weighted by atomic mass is 10.1. The molecule has 2 rings (SSSR count). The Labute approximate surface area is 149 Å². The van der Waals surface area contributed by atoms with E-state index < -0.39 is 0 Å². The quantitative estimate of drug-likeness (QED) is 0.391. The van der Waals surface area contributed by atoms with Gasteiger partial charge >= 0.3 is 0 Å². The van der Waals surface area contributed by atoms with Gasteiger partial charge in [0.15, 0.2) is 12.0 Å². The van der Waals surface area contributed by atoms with Crippen LogP contribution in [0.15, 0.2) is 27.8 Å². The van der Waals surface area contributed by atoms with Crippen LogP contribution in [0.5, 0.6) is 0 Å². The summed E-state index contributed by atoms with van der Waals surface area (Å²) in [7, 11) is 0. The fourth-order valence-corrected chi connectivity index (χ4v) is 3.02. The molecule has 0 saturated carbocycles. The third kappa shape index (κ3) is 5.07. The molecule has 2 heterocycles. The zero-order chi connectivity index (χ0) is 18.4. The number of amidine groups is 1. The number of nitrogens with one attached hydrogen (secondary N) is 1. The van der Waals surface area contributed by atoms with Gasteiger partial charge in [-0.1, -0.05) is 6.92 Å². The molecular formula is C18H27N5O2. The molecule has 1 aliphatic rings. The molecular weight excluding hydrogens is 318 g/mol. The zero-order valence-electron chi connectivity index (χ0n) is 15.5. The van der Waals surface area contributed by atoms with Crippen LogP contribution in [0.3, 0.4) is 0 Å². The largest absolute Gasteiger partial charge is 0.459 e. The second-order valence-electron chi connectivity index (χ2n) is 7.13. The molecule has 1 fully saturated rings. The minimum absolute atomic E-state index is 0.0414. The van der Waals surface area contributed by atoms with E-state index in [0.29, 0.717) is 24.7 Å². The molecule has 1 saturated heterocycles. The highest BCUT2D eigenvalue weighted by molar-refractivity contribution is 5.91. The number of carbonyl (C=O) groups excluding carboxylic acids is 1. The summed E-state index contributed by atoms with van der Waals surface area (Å²) in [6.07, 6.45) is 4.36. The first kappa shape index (κ1) is 19.0. The van der Waals surface area contributed by atoms with E-state index >= 15 is 0 Å². The Morgan fingerprint density at radius 1 is 1.40 bits per heavy atom. The Morgan fingerprint density at radius 2 is 2.08 bits per heavy atom. The fourth-order valence-electron chi connectivity index (χ4n) is 3.02. The first-order chi connectivity index (χ1) is 11.9. The van der Waals surface area contributed by atoms with Gasteiger partial charge in [-0.25, -0.2) is 0 Å². The standard InChI is InChI=1S/C18H27N5O2/c1-5-14(16(20-13-19)21-18(2,3)4)22-8-10-23(11-9-22)17(24)15-7-6-12-25-15/h6-7,12,14H,5,8-11H2,1-4H3,(H,20,21). The average molecular weight is 345 g/mol. The topological polar surface area (TPSA) is 84.9 Å². The van der Waals surface area contributed by atoms with Gasteiger partial charge in [0.2, 0.25) is 0 Å². The summed E-state index contributed by atoms with van der Waals surface area (Å²) in [5.74, 6) is 1.00. The van der Waals surface area contributed by atoms with Crippen molar-refractivity contribution in [2.75, 3.05) is 26.2 Å². The van der Waals surface area contributed by atoms with E-state index in [0.717, 1.165) is 19.5 Å². The Kier molecular flexibility index (Phi) is 6.21. The van der Waals surface area contributed by atoms with Gasteiger partial charge in [0, 0.05) is 26.2 Å². The molecule has 0 aromatic carbocycles. The molecule has 1 aromatic rings. The number of nitrogens with zero attached hydrogens (tertiary/aromatic N) is 4. The van der Waals surface area contributed by atoms with Crippen molar-refractivity contribution in [2.24, 2.45) is 4.99 Å². The lowest BCUT2D eigenvalue weighted by Crippen LogP contribution is -2.55. The van der Waals surface area contributed by atoms with Crippen LogP contribution in [0.2, 0.25) is 0 Å². The van der Waals surface area contributed by atoms with Crippen LogP contribution in [0.1, 0.15) is 44.7 Å². The minimum Gasteiger partial charge on any atom is -0.459 e. The summed E-state index contributed by atoms with van der Waals surface area (Å²) in [5, 5.41) is 11.8. The highest BCUT2D eigenvalue weighted by atomic mass is 16.3. The van der Waals surface area contributed by atoms with E-state index in [1.807, 2.05) is 27.0 Å². The number of hydrogen-bond acceptors (Lipinski definition) is 5.